The summed E-state index contributed by atoms with van der Waals surface area (Å²) in [4.78, 5) is 22.5. The van der Waals surface area contributed by atoms with Crippen molar-refractivity contribution in [1.29, 1.82) is 0 Å². The molecule has 2 aromatic carbocycles. The van der Waals surface area contributed by atoms with Crippen LogP contribution in [0.15, 0.2) is 48.5 Å². The Morgan fingerprint density at radius 2 is 1.21 bits per heavy atom. The quantitative estimate of drug-likeness (QED) is 0.742. The van der Waals surface area contributed by atoms with Crippen LogP contribution in [0.1, 0.15) is 20.7 Å². The molecule has 0 bridgehead atoms. The third-order valence-electron chi connectivity index (χ3n) is 3.20. The van der Waals surface area contributed by atoms with E-state index in [0.29, 0.717) is 0 Å². The molecular weight excluding hydrogens is 332 g/mol. The summed E-state index contributed by atoms with van der Waals surface area (Å²) < 4.78 is 16.7. The van der Waals surface area contributed by atoms with E-state index < -0.39 is 20.7 Å². The van der Waals surface area contributed by atoms with Crippen molar-refractivity contribution >= 4 is 20.7 Å². The van der Waals surface area contributed by atoms with E-state index in [4.69, 9.17) is 13.3 Å². The predicted molar refractivity (Wildman–Crippen MR) is 86.7 cm³/mol. The van der Waals surface area contributed by atoms with E-state index in [1.165, 1.54) is 31.4 Å². The Balaban J connectivity index is 2.34. The maximum absolute atomic E-state index is 11.3. The van der Waals surface area contributed by atoms with Gasteiger partial charge in [0.15, 0.2) is 0 Å². The van der Waals surface area contributed by atoms with Crippen LogP contribution in [0.2, 0.25) is 6.55 Å². The third-order valence-corrected chi connectivity index (χ3v) is 5.12. The van der Waals surface area contributed by atoms with Crippen LogP contribution in [0.5, 0.6) is 11.5 Å². The highest BCUT2D eigenvalue weighted by molar-refractivity contribution is 6.60. The lowest BCUT2D eigenvalue weighted by molar-refractivity contribution is 0.0684. The molecule has 0 fully saturated rings. The van der Waals surface area contributed by atoms with Crippen molar-refractivity contribution in [3.63, 3.8) is 0 Å². The maximum atomic E-state index is 11.3. The lowest BCUT2D eigenvalue weighted by atomic mass is 10.2. The molecule has 0 saturated heterocycles. The Bertz CT molecular complexity index is 700. The normalized spacial score (nSPS) is 10.9. The Hall–Kier alpha value is -2.84. The molecule has 0 aliphatic heterocycles. The van der Waals surface area contributed by atoms with Crippen molar-refractivity contribution in [3.05, 3.63) is 59.7 Å². The molecular formula is C16H16O7Si. The minimum atomic E-state index is -3.39. The van der Waals surface area contributed by atoms with Crippen LogP contribution in [0, 0.1) is 0 Å². The van der Waals surface area contributed by atoms with Crippen molar-refractivity contribution in [3.8, 4) is 11.5 Å². The Morgan fingerprint density at radius 3 is 1.54 bits per heavy atom. The molecule has 8 heteroatoms. The first-order chi connectivity index (χ1) is 11.4. The van der Waals surface area contributed by atoms with Gasteiger partial charge in [-0.2, -0.15) is 0 Å². The molecule has 24 heavy (non-hydrogen) atoms. The van der Waals surface area contributed by atoms with Gasteiger partial charge in [0.1, 0.15) is 22.6 Å². The van der Waals surface area contributed by atoms with Gasteiger partial charge >= 0.3 is 20.7 Å². The summed E-state index contributed by atoms with van der Waals surface area (Å²) in [5, 5.41) is 18.4. The molecule has 0 unspecified atom stereocenters. The van der Waals surface area contributed by atoms with Gasteiger partial charge in [0.25, 0.3) is 0 Å². The van der Waals surface area contributed by atoms with Gasteiger partial charge in [-0.25, -0.2) is 9.59 Å². The van der Waals surface area contributed by atoms with Gasteiger partial charge < -0.3 is 23.5 Å². The second-order valence-corrected chi connectivity index (χ2v) is 7.41. The van der Waals surface area contributed by atoms with Gasteiger partial charge in [-0.1, -0.05) is 24.3 Å². The summed E-state index contributed by atoms with van der Waals surface area (Å²) in [5.41, 5.74) is -0.0770. The zero-order valence-electron chi connectivity index (χ0n) is 13.1. The van der Waals surface area contributed by atoms with Gasteiger partial charge in [-0.15, -0.1) is 0 Å². The van der Waals surface area contributed by atoms with Crippen LogP contribution >= 0.6 is 0 Å². The molecule has 2 N–H and O–H groups in total. The number of carboxylic acids is 2. The van der Waals surface area contributed by atoms with Crippen molar-refractivity contribution in [1.82, 2.24) is 0 Å². The molecule has 0 radical (unpaired) electrons. The van der Waals surface area contributed by atoms with Gasteiger partial charge in [-0.05, 0) is 24.3 Å². The number of carbonyl (C=O) groups is 2. The molecule has 0 atom stereocenters. The molecule has 2 aromatic rings. The number of rotatable bonds is 7. The minimum absolute atomic E-state index is 0.0385. The topological polar surface area (TPSA) is 102 Å². The smallest absolute Gasteiger partial charge is 0.491 e. The van der Waals surface area contributed by atoms with Crippen LogP contribution in [-0.4, -0.2) is 38.1 Å². The molecule has 0 amide bonds. The number of hydrogen-bond acceptors (Lipinski definition) is 5. The van der Waals surface area contributed by atoms with Crippen molar-refractivity contribution in [2.75, 3.05) is 7.11 Å². The van der Waals surface area contributed by atoms with Gasteiger partial charge in [-0.3, -0.25) is 0 Å². The summed E-state index contributed by atoms with van der Waals surface area (Å²) in [5.74, 6) is -2.12. The number of para-hydroxylation sites is 2. The average molecular weight is 348 g/mol. The molecule has 0 aromatic heterocycles. The molecule has 2 rings (SSSR count). The molecule has 0 aliphatic carbocycles. The summed E-state index contributed by atoms with van der Waals surface area (Å²) in [6.07, 6.45) is 0. The van der Waals surface area contributed by atoms with Crippen LogP contribution in [0.3, 0.4) is 0 Å². The summed E-state index contributed by atoms with van der Waals surface area (Å²) in [6.45, 7) is 1.55. The van der Waals surface area contributed by atoms with E-state index in [-0.39, 0.29) is 22.6 Å². The molecule has 0 heterocycles. The van der Waals surface area contributed by atoms with Gasteiger partial charge in [0, 0.05) is 13.7 Å². The van der Waals surface area contributed by atoms with E-state index in [2.05, 4.69) is 0 Å². The number of aromatic carboxylic acids is 2. The zero-order chi connectivity index (χ0) is 17.7. The lowest BCUT2D eigenvalue weighted by Crippen LogP contribution is -2.48. The van der Waals surface area contributed by atoms with Crippen LogP contribution < -0.4 is 8.85 Å². The lowest BCUT2D eigenvalue weighted by Gasteiger charge is -2.26. The fourth-order valence-electron chi connectivity index (χ4n) is 1.97. The van der Waals surface area contributed by atoms with E-state index in [1.54, 1.807) is 30.8 Å². The second-order valence-electron chi connectivity index (χ2n) is 4.87. The van der Waals surface area contributed by atoms with Crippen molar-refractivity contribution in [2.24, 2.45) is 0 Å². The second kappa shape index (κ2) is 7.15. The van der Waals surface area contributed by atoms with Crippen LogP contribution in [0.25, 0.3) is 0 Å². The van der Waals surface area contributed by atoms with E-state index in [9.17, 15) is 19.8 Å². The number of benzene rings is 2. The highest BCUT2D eigenvalue weighted by atomic mass is 28.4. The largest absolute Gasteiger partial charge is 0.628 e. The fourth-order valence-corrected chi connectivity index (χ4v) is 3.33. The molecule has 0 saturated carbocycles. The molecule has 7 nitrogen and oxygen atoms in total. The first kappa shape index (κ1) is 17.5. The predicted octanol–water partition coefficient (Wildman–Crippen LogP) is 2.76. The number of hydrogen-bond donors (Lipinski definition) is 2. The minimum Gasteiger partial charge on any atom is -0.491 e. The fraction of sp³-hybridized carbons (Fsp3) is 0.125. The Kier molecular flexibility index (Phi) is 5.22. The monoisotopic (exact) mass is 348 g/mol. The van der Waals surface area contributed by atoms with Gasteiger partial charge in [0.2, 0.25) is 0 Å². The van der Waals surface area contributed by atoms with Crippen molar-refractivity contribution in [2.45, 2.75) is 6.55 Å². The summed E-state index contributed by atoms with van der Waals surface area (Å²) in [6, 6.07) is 12.2. The Morgan fingerprint density at radius 1 is 0.833 bits per heavy atom. The highest BCUT2D eigenvalue weighted by Crippen LogP contribution is 2.26. The van der Waals surface area contributed by atoms with E-state index >= 15 is 0 Å². The van der Waals surface area contributed by atoms with Crippen molar-refractivity contribution < 1.29 is 33.1 Å². The molecule has 0 spiro atoms. The zero-order valence-corrected chi connectivity index (χ0v) is 14.1. The first-order valence-corrected chi connectivity index (χ1v) is 9.16. The summed E-state index contributed by atoms with van der Waals surface area (Å²) in [7, 11) is -2.03. The molecule has 0 aliphatic rings. The Labute approximate surface area is 139 Å². The third kappa shape index (κ3) is 3.92. The first-order valence-electron chi connectivity index (χ1n) is 6.94. The van der Waals surface area contributed by atoms with Crippen LogP contribution in [0.4, 0.5) is 0 Å². The highest BCUT2D eigenvalue weighted by Gasteiger charge is 2.40. The number of carboxylic acid groups (broad SMARTS) is 2. The summed E-state index contributed by atoms with van der Waals surface area (Å²) >= 11 is 0. The maximum Gasteiger partial charge on any atom is 0.628 e. The standard InChI is InChI=1S/C16H16O7Si/c1-21-24(2,22-13-9-5-3-7-11(13)15(17)18)23-14-10-6-4-8-12(14)16(19)20/h3-10H,1-2H3,(H,17,18)(H,19,20). The van der Waals surface area contributed by atoms with E-state index in [1.807, 2.05) is 0 Å². The average Bonchev–Trinajstić information content (AvgIpc) is 2.55. The SMILES string of the molecule is CO[Si](C)(Oc1ccccc1C(=O)O)Oc1ccccc1C(=O)O. The van der Waals surface area contributed by atoms with Crippen LogP contribution in [-0.2, 0) is 4.43 Å². The van der Waals surface area contributed by atoms with Gasteiger partial charge in [0.05, 0.1) is 0 Å². The van der Waals surface area contributed by atoms with E-state index in [0.717, 1.165) is 0 Å². The molecule has 126 valence electrons.